The molecule has 0 aliphatic rings. The molecule has 0 atom stereocenters. The van der Waals surface area contributed by atoms with Crippen LogP contribution < -0.4 is 11.1 Å². The number of aromatic nitrogens is 1. The Balaban J connectivity index is 2.25. The quantitative estimate of drug-likeness (QED) is 0.844. The van der Waals surface area contributed by atoms with Crippen LogP contribution in [0.2, 0.25) is 5.02 Å². The van der Waals surface area contributed by atoms with Crippen molar-refractivity contribution in [1.29, 1.82) is 0 Å². The van der Waals surface area contributed by atoms with Crippen molar-refractivity contribution in [3.05, 3.63) is 52.8 Å². The monoisotopic (exact) mass is 277 g/mol. The Bertz CT molecular complexity index is 599. The van der Waals surface area contributed by atoms with Gasteiger partial charge in [0.05, 0.1) is 5.69 Å². The van der Waals surface area contributed by atoms with Gasteiger partial charge in [0.2, 0.25) is 0 Å². The molecule has 5 heteroatoms. The molecule has 0 fully saturated rings. The first-order valence-corrected chi connectivity index (χ1v) is 6.14. The lowest BCUT2D eigenvalue weighted by molar-refractivity contribution is 1.29. The number of anilines is 2. The highest BCUT2D eigenvalue weighted by atomic mass is 35.5. The zero-order valence-corrected chi connectivity index (χ0v) is 11.3. The topological polar surface area (TPSA) is 50.9 Å². The van der Waals surface area contributed by atoms with Crippen LogP contribution in [0.25, 0.3) is 0 Å². The molecule has 1 aromatic carbocycles. The van der Waals surface area contributed by atoms with Gasteiger partial charge in [-0.25, -0.2) is 0 Å². The van der Waals surface area contributed by atoms with E-state index in [2.05, 4.69) is 10.3 Å². The van der Waals surface area contributed by atoms with Crippen molar-refractivity contribution in [3.63, 3.8) is 0 Å². The van der Waals surface area contributed by atoms with E-state index in [4.69, 9.17) is 29.6 Å². The Kier molecular flexibility index (Phi) is 3.79. The minimum absolute atomic E-state index is 0.278. The van der Waals surface area contributed by atoms with E-state index in [-0.39, 0.29) is 4.99 Å². The summed E-state index contributed by atoms with van der Waals surface area (Å²) in [6.45, 7) is 1.96. The highest BCUT2D eigenvalue weighted by Gasteiger charge is 2.02. The van der Waals surface area contributed by atoms with Gasteiger partial charge in [0.1, 0.15) is 4.99 Å². The Morgan fingerprint density at radius 3 is 2.67 bits per heavy atom. The third-order valence-electron chi connectivity index (χ3n) is 2.47. The lowest BCUT2D eigenvalue weighted by atomic mass is 10.2. The lowest BCUT2D eigenvalue weighted by Gasteiger charge is -2.08. The molecular formula is C13H12ClN3S. The van der Waals surface area contributed by atoms with Gasteiger partial charge in [-0.05, 0) is 36.8 Å². The van der Waals surface area contributed by atoms with Gasteiger partial charge in [-0.15, -0.1) is 0 Å². The van der Waals surface area contributed by atoms with E-state index >= 15 is 0 Å². The predicted molar refractivity (Wildman–Crippen MR) is 79.6 cm³/mol. The number of rotatable bonds is 3. The summed E-state index contributed by atoms with van der Waals surface area (Å²) in [4.78, 5) is 4.36. The Hall–Kier alpha value is -1.65. The van der Waals surface area contributed by atoms with Crippen molar-refractivity contribution in [2.45, 2.75) is 6.92 Å². The first-order valence-electron chi connectivity index (χ1n) is 5.35. The first kappa shape index (κ1) is 12.8. The van der Waals surface area contributed by atoms with Crippen LogP contribution >= 0.6 is 23.8 Å². The number of nitrogens with zero attached hydrogens (tertiary/aromatic N) is 1. The van der Waals surface area contributed by atoms with E-state index in [1.54, 1.807) is 12.3 Å². The number of hydrogen-bond donors (Lipinski definition) is 2. The van der Waals surface area contributed by atoms with E-state index in [1.165, 1.54) is 0 Å². The molecule has 18 heavy (non-hydrogen) atoms. The highest BCUT2D eigenvalue weighted by molar-refractivity contribution is 7.80. The molecule has 0 unspecified atom stereocenters. The largest absolute Gasteiger partial charge is 0.388 e. The molecule has 3 N–H and O–H groups in total. The van der Waals surface area contributed by atoms with Gasteiger partial charge in [-0.2, -0.15) is 0 Å². The van der Waals surface area contributed by atoms with Gasteiger partial charge in [-0.3, -0.25) is 4.98 Å². The van der Waals surface area contributed by atoms with Crippen LogP contribution in [-0.4, -0.2) is 9.97 Å². The summed E-state index contributed by atoms with van der Waals surface area (Å²) in [6.07, 6.45) is 1.66. The fraction of sp³-hybridized carbons (Fsp3) is 0.0769. The number of benzene rings is 1. The molecule has 92 valence electrons. The predicted octanol–water partition coefficient (Wildman–Crippen LogP) is 3.42. The summed E-state index contributed by atoms with van der Waals surface area (Å²) in [5, 5.41) is 3.95. The average Bonchev–Trinajstić information content (AvgIpc) is 2.34. The van der Waals surface area contributed by atoms with Gasteiger partial charge in [-0.1, -0.05) is 29.9 Å². The average molecular weight is 278 g/mol. The Labute approximate surface area is 116 Å². The molecule has 0 aliphatic carbocycles. The van der Waals surface area contributed by atoms with Crippen molar-refractivity contribution < 1.29 is 0 Å². The normalized spacial score (nSPS) is 10.1. The SMILES string of the molecule is Cc1ccc(Nc2ccnc(C(N)=S)c2)cc1Cl. The van der Waals surface area contributed by atoms with Gasteiger partial charge < -0.3 is 11.1 Å². The fourth-order valence-corrected chi connectivity index (χ4v) is 1.77. The summed E-state index contributed by atoms with van der Waals surface area (Å²) in [6, 6.07) is 9.44. The fourth-order valence-electron chi connectivity index (χ4n) is 1.48. The van der Waals surface area contributed by atoms with E-state index in [1.807, 2.05) is 31.2 Å². The molecule has 3 nitrogen and oxygen atoms in total. The number of nitrogens with one attached hydrogen (secondary N) is 1. The maximum Gasteiger partial charge on any atom is 0.122 e. The number of thiocarbonyl (C=S) groups is 1. The van der Waals surface area contributed by atoms with Gasteiger partial charge in [0, 0.05) is 22.6 Å². The molecule has 2 rings (SSSR count). The van der Waals surface area contributed by atoms with Crippen molar-refractivity contribution in [2.24, 2.45) is 5.73 Å². The van der Waals surface area contributed by atoms with Crippen LogP contribution in [0.5, 0.6) is 0 Å². The highest BCUT2D eigenvalue weighted by Crippen LogP contribution is 2.23. The molecule has 0 aliphatic heterocycles. The minimum Gasteiger partial charge on any atom is -0.388 e. The van der Waals surface area contributed by atoms with Crippen molar-refractivity contribution in [2.75, 3.05) is 5.32 Å². The van der Waals surface area contributed by atoms with Crippen LogP contribution in [-0.2, 0) is 0 Å². The number of pyridine rings is 1. The van der Waals surface area contributed by atoms with Gasteiger partial charge in [0.15, 0.2) is 0 Å². The third kappa shape index (κ3) is 2.97. The molecule has 1 heterocycles. The van der Waals surface area contributed by atoms with Crippen LogP contribution in [0.4, 0.5) is 11.4 Å². The third-order valence-corrected chi connectivity index (χ3v) is 3.09. The van der Waals surface area contributed by atoms with Crippen molar-refractivity contribution in [3.8, 4) is 0 Å². The number of halogens is 1. The molecule has 0 bridgehead atoms. The smallest absolute Gasteiger partial charge is 0.122 e. The number of aryl methyl sites for hydroxylation is 1. The van der Waals surface area contributed by atoms with Crippen molar-refractivity contribution >= 4 is 40.2 Å². The summed E-state index contributed by atoms with van der Waals surface area (Å²) in [7, 11) is 0. The van der Waals surface area contributed by atoms with Crippen LogP contribution in [0.1, 0.15) is 11.3 Å². The van der Waals surface area contributed by atoms with Crippen LogP contribution in [0.3, 0.4) is 0 Å². The molecule has 2 aromatic rings. The molecular weight excluding hydrogens is 266 g/mol. The summed E-state index contributed by atoms with van der Waals surface area (Å²) >= 11 is 11.0. The molecule has 0 amide bonds. The summed E-state index contributed by atoms with van der Waals surface area (Å²) in [5.41, 5.74) is 8.95. The van der Waals surface area contributed by atoms with E-state index < -0.39 is 0 Å². The number of hydrogen-bond acceptors (Lipinski definition) is 3. The van der Waals surface area contributed by atoms with E-state index in [0.29, 0.717) is 5.69 Å². The lowest BCUT2D eigenvalue weighted by Crippen LogP contribution is -2.11. The van der Waals surface area contributed by atoms with E-state index in [9.17, 15) is 0 Å². The maximum absolute atomic E-state index is 6.07. The second-order valence-electron chi connectivity index (χ2n) is 3.88. The second-order valence-corrected chi connectivity index (χ2v) is 4.73. The molecule has 0 saturated carbocycles. The summed E-state index contributed by atoms with van der Waals surface area (Å²) < 4.78 is 0. The Morgan fingerprint density at radius 2 is 2.00 bits per heavy atom. The molecule has 0 saturated heterocycles. The maximum atomic E-state index is 6.07. The van der Waals surface area contributed by atoms with Gasteiger partial charge >= 0.3 is 0 Å². The van der Waals surface area contributed by atoms with Crippen LogP contribution in [0.15, 0.2) is 36.5 Å². The second kappa shape index (κ2) is 5.33. The minimum atomic E-state index is 0.278. The summed E-state index contributed by atoms with van der Waals surface area (Å²) in [5.74, 6) is 0. The van der Waals surface area contributed by atoms with Crippen LogP contribution in [0, 0.1) is 6.92 Å². The molecule has 0 radical (unpaired) electrons. The molecule has 1 aromatic heterocycles. The molecule has 0 spiro atoms. The first-order chi connectivity index (χ1) is 8.56. The number of nitrogens with two attached hydrogens (primary N) is 1. The van der Waals surface area contributed by atoms with Gasteiger partial charge in [0.25, 0.3) is 0 Å². The van der Waals surface area contributed by atoms with E-state index in [0.717, 1.165) is 22.0 Å². The standard InChI is InChI=1S/C13H12ClN3S/c1-8-2-3-9(6-11(8)14)17-10-4-5-16-12(7-10)13(15)18/h2-7H,1H3,(H2,15,18)(H,16,17). The zero-order chi connectivity index (χ0) is 13.1. The zero-order valence-electron chi connectivity index (χ0n) is 9.77. The Morgan fingerprint density at radius 1 is 1.28 bits per heavy atom. The van der Waals surface area contributed by atoms with Crippen molar-refractivity contribution in [1.82, 2.24) is 4.98 Å².